The normalized spacial score (nSPS) is 11.8. The van der Waals surface area contributed by atoms with E-state index in [0.717, 1.165) is 12.1 Å². The summed E-state index contributed by atoms with van der Waals surface area (Å²) in [6.45, 7) is 1.72. The maximum absolute atomic E-state index is 12.8. The smallest absolute Gasteiger partial charge is 0.406 e. The zero-order valence-corrected chi connectivity index (χ0v) is 19.6. The average Bonchev–Trinajstić information content (AvgIpc) is 2.85. The molecule has 3 rings (SSSR count). The topological polar surface area (TPSA) is 167 Å². The summed E-state index contributed by atoms with van der Waals surface area (Å²) in [5, 5.41) is 8.22. The number of nitrogens with one attached hydrogen (secondary N) is 2. The van der Waals surface area contributed by atoms with E-state index in [1.807, 2.05) is 0 Å². The standard InChI is InChI=1S/C24H19F3N8O3/c1-14-4-2-3-5-19(14)21(37)32-23(30-16-10-12-18(13-11-16)38-24(25,26)27)33-22(28)31-20(36)15-6-8-17(9-7-15)34-35-29/h2-13H,1H3,(H4,28,30,31,32,33,36,37). The first-order valence-electron chi connectivity index (χ1n) is 10.7. The van der Waals surface area contributed by atoms with E-state index in [2.05, 4.69) is 35.4 Å². The van der Waals surface area contributed by atoms with E-state index in [9.17, 15) is 22.8 Å². The quantitative estimate of drug-likeness (QED) is 0.141. The van der Waals surface area contributed by atoms with Crippen molar-refractivity contribution in [3.8, 4) is 5.75 Å². The van der Waals surface area contributed by atoms with Crippen LogP contribution >= 0.6 is 0 Å². The van der Waals surface area contributed by atoms with E-state index < -0.39 is 29.9 Å². The van der Waals surface area contributed by atoms with Gasteiger partial charge in [0.2, 0.25) is 11.9 Å². The second-order valence-electron chi connectivity index (χ2n) is 7.43. The van der Waals surface area contributed by atoms with Crippen LogP contribution in [0.15, 0.2) is 87.9 Å². The fourth-order valence-electron chi connectivity index (χ4n) is 2.98. The number of rotatable bonds is 5. The van der Waals surface area contributed by atoms with Crippen LogP contribution in [0.3, 0.4) is 0 Å². The minimum absolute atomic E-state index is 0.108. The van der Waals surface area contributed by atoms with Crippen molar-refractivity contribution < 1.29 is 27.5 Å². The van der Waals surface area contributed by atoms with E-state index >= 15 is 0 Å². The number of nitrogens with two attached hydrogens (primary N) is 1. The number of carbonyl (C=O) groups is 2. The minimum atomic E-state index is -4.86. The fraction of sp³-hybridized carbons (Fsp3) is 0.0833. The van der Waals surface area contributed by atoms with Crippen molar-refractivity contribution in [2.24, 2.45) is 20.8 Å². The molecule has 194 valence electrons. The highest BCUT2D eigenvalue weighted by molar-refractivity contribution is 6.12. The van der Waals surface area contributed by atoms with Crippen LogP contribution in [-0.4, -0.2) is 30.1 Å². The fourth-order valence-corrected chi connectivity index (χ4v) is 2.98. The maximum atomic E-state index is 12.8. The lowest BCUT2D eigenvalue weighted by Crippen LogP contribution is -2.39. The van der Waals surface area contributed by atoms with Crippen LogP contribution in [0, 0.1) is 6.92 Å². The highest BCUT2D eigenvalue weighted by Crippen LogP contribution is 2.25. The van der Waals surface area contributed by atoms with Gasteiger partial charge in [0.05, 0.1) is 5.69 Å². The Kier molecular flexibility index (Phi) is 8.64. The van der Waals surface area contributed by atoms with Gasteiger partial charge in [-0.15, -0.1) is 13.2 Å². The number of alkyl halides is 3. The molecule has 0 atom stereocenters. The number of azide groups is 1. The Bertz CT molecular complexity index is 1430. The molecular weight excluding hydrogens is 505 g/mol. The lowest BCUT2D eigenvalue weighted by molar-refractivity contribution is -0.274. The number of amides is 2. The zero-order valence-electron chi connectivity index (χ0n) is 19.6. The first-order chi connectivity index (χ1) is 18.0. The van der Waals surface area contributed by atoms with Crippen molar-refractivity contribution in [1.29, 1.82) is 0 Å². The van der Waals surface area contributed by atoms with E-state index in [4.69, 9.17) is 11.3 Å². The first kappa shape index (κ1) is 27.2. The number of aliphatic imine (C=N–C) groups is 2. The third-order valence-corrected chi connectivity index (χ3v) is 4.68. The van der Waals surface area contributed by atoms with Crippen LogP contribution < -0.4 is 21.1 Å². The van der Waals surface area contributed by atoms with Gasteiger partial charge in [-0.2, -0.15) is 4.99 Å². The Morgan fingerprint density at radius 3 is 2.16 bits per heavy atom. The van der Waals surface area contributed by atoms with Crippen molar-refractivity contribution in [3.05, 3.63) is 99.9 Å². The Labute approximate surface area is 213 Å². The third-order valence-electron chi connectivity index (χ3n) is 4.68. The molecule has 0 saturated heterocycles. The highest BCUT2D eigenvalue weighted by Gasteiger charge is 2.31. The first-order valence-corrected chi connectivity index (χ1v) is 10.7. The monoisotopic (exact) mass is 524 g/mol. The molecule has 0 aliphatic rings. The van der Waals surface area contributed by atoms with Gasteiger partial charge in [0, 0.05) is 21.7 Å². The molecule has 4 N–H and O–H groups in total. The largest absolute Gasteiger partial charge is 0.573 e. The van der Waals surface area contributed by atoms with E-state index in [-0.39, 0.29) is 17.2 Å². The van der Waals surface area contributed by atoms with Gasteiger partial charge in [-0.3, -0.25) is 20.2 Å². The summed E-state index contributed by atoms with van der Waals surface area (Å²) >= 11 is 0. The third kappa shape index (κ3) is 8.10. The summed E-state index contributed by atoms with van der Waals surface area (Å²) in [6.07, 6.45) is -4.86. The van der Waals surface area contributed by atoms with Gasteiger partial charge in [-0.1, -0.05) is 35.4 Å². The van der Waals surface area contributed by atoms with Gasteiger partial charge in [0.15, 0.2) is 0 Å². The lowest BCUT2D eigenvalue weighted by Gasteiger charge is -2.10. The number of ether oxygens (including phenoxy) is 1. The minimum Gasteiger partial charge on any atom is -0.406 e. The molecule has 38 heavy (non-hydrogen) atoms. The zero-order chi connectivity index (χ0) is 27.7. The molecule has 14 heteroatoms. The molecule has 0 aliphatic heterocycles. The van der Waals surface area contributed by atoms with E-state index in [0.29, 0.717) is 16.8 Å². The predicted molar refractivity (Wildman–Crippen MR) is 133 cm³/mol. The Balaban J connectivity index is 1.86. The number of guanidine groups is 2. The van der Waals surface area contributed by atoms with Crippen molar-refractivity contribution in [2.45, 2.75) is 13.3 Å². The number of hydrogen-bond acceptors (Lipinski definition) is 5. The molecular formula is C24H19F3N8O3. The lowest BCUT2D eigenvalue weighted by atomic mass is 10.1. The number of halogens is 3. The summed E-state index contributed by atoms with van der Waals surface area (Å²) in [5.41, 5.74) is 15.9. The second-order valence-corrected chi connectivity index (χ2v) is 7.43. The van der Waals surface area contributed by atoms with Gasteiger partial charge in [0.1, 0.15) is 5.75 Å². The van der Waals surface area contributed by atoms with Crippen molar-refractivity contribution in [1.82, 2.24) is 10.6 Å². The molecule has 0 saturated carbocycles. The van der Waals surface area contributed by atoms with E-state index in [1.165, 1.54) is 36.4 Å². The van der Waals surface area contributed by atoms with Crippen molar-refractivity contribution in [3.63, 3.8) is 0 Å². The number of carbonyl (C=O) groups excluding carboxylic acids is 2. The molecule has 11 nitrogen and oxygen atoms in total. The molecule has 2 amide bonds. The van der Waals surface area contributed by atoms with E-state index in [1.54, 1.807) is 31.2 Å². The van der Waals surface area contributed by atoms with Crippen LogP contribution in [0.4, 0.5) is 24.5 Å². The van der Waals surface area contributed by atoms with Crippen molar-refractivity contribution in [2.75, 3.05) is 0 Å². The maximum Gasteiger partial charge on any atom is 0.573 e. The summed E-state index contributed by atoms with van der Waals surface area (Å²) in [5.74, 6) is -2.50. The van der Waals surface area contributed by atoms with Gasteiger partial charge >= 0.3 is 6.36 Å². The van der Waals surface area contributed by atoms with Crippen LogP contribution in [-0.2, 0) is 0 Å². The van der Waals surface area contributed by atoms with Gasteiger partial charge < -0.3 is 10.5 Å². The Morgan fingerprint density at radius 2 is 1.55 bits per heavy atom. The molecule has 0 bridgehead atoms. The summed E-state index contributed by atoms with van der Waals surface area (Å²) in [6, 6.07) is 16.8. The SMILES string of the molecule is Cc1ccccc1C(=O)NC(N=C(N)NC(=O)c1ccc(N=[N+]=[N-])cc1)=Nc1ccc(OC(F)(F)F)cc1. The number of aryl methyl sites for hydroxylation is 1. The highest BCUT2D eigenvalue weighted by atomic mass is 19.4. The molecule has 0 spiro atoms. The number of nitrogens with zero attached hydrogens (tertiary/aromatic N) is 5. The second kappa shape index (κ2) is 12.1. The predicted octanol–water partition coefficient (Wildman–Crippen LogP) is 5.00. The summed E-state index contributed by atoms with van der Waals surface area (Å²) in [7, 11) is 0. The summed E-state index contributed by atoms with van der Waals surface area (Å²) in [4.78, 5) is 36.1. The Morgan fingerprint density at radius 1 is 0.921 bits per heavy atom. The molecule has 3 aromatic rings. The van der Waals surface area contributed by atoms with Crippen LogP contribution in [0.1, 0.15) is 26.3 Å². The summed E-state index contributed by atoms with van der Waals surface area (Å²) < 4.78 is 41.1. The molecule has 0 fully saturated rings. The van der Waals surface area contributed by atoms with Crippen molar-refractivity contribution >= 4 is 35.1 Å². The van der Waals surface area contributed by atoms with Gasteiger partial charge in [0.25, 0.3) is 11.8 Å². The molecule has 3 aromatic carbocycles. The molecule has 0 radical (unpaired) electrons. The van der Waals surface area contributed by atoms with Crippen LogP contribution in [0.25, 0.3) is 10.4 Å². The number of benzene rings is 3. The molecule has 0 heterocycles. The molecule has 0 aliphatic carbocycles. The van der Waals surface area contributed by atoms with Crippen LogP contribution in [0.2, 0.25) is 0 Å². The molecule has 0 unspecified atom stereocenters. The average molecular weight is 524 g/mol. The molecule has 0 aromatic heterocycles. The number of hydrogen-bond donors (Lipinski definition) is 3. The van der Waals surface area contributed by atoms with Crippen LogP contribution in [0.5, 0.6) is 5.75 Å². The van der Waals surface area contributed by atoms with Gasteiger partial charge in [-0.05, 0) is 60.5 Å². The Hall–Kier alpha value is -5.36. The van der Waals surface area contributed by atoms with Gasteiger partial charge in [-0.25, -0.2) is 4.99 Å².